The Hall–Kier alpha value is -2.30. The van der Waals surface area contributed by atoms with Gasteiger partial charge in [-0.05, 0) is 34.9 Å². The van der Waals surface area contributed by atoms with Gasteiger partial charge in [0.15, 0.2) is 0 Å². The molecule has 1 amide bonds. The molecule has 2 aromatic carbocycles. The van der Waals surface area contributed by atoms with Crippen LogP contribution in [0.5, 0.6) is 0 Å². The molecule has 0 aromatic heterocycles. The van der Waals surface area contributed by atoms with E-state index in [-0.39, 0.29) is 5.91 Å². The number of methoxy groups -OCH3 is 1. The number of carbonyl (C=O) groups excluding carboxylic acids is 2. The minimum Gasteiger partial charge on any atom is -0.466 e. The number of hydrogen-bond acceptors (Lipinski definition) is 3. The number of para-hydroxylation sites is 1. The molecule has 0 N–H and O–H groups in total. The maximum atomic E-state index is 12.5. The third-order valence-electron chi connectivity index (χ3n) is 4.01. The molecular formula is C19H15Cl2NO3. The molecule has 0 radical (unpaired) electrons. The van der Waals surface area contributed by atoms with Crippen molar-refractivity contribution in [1.82, 2.24) is 0 Å². The Morgan fingerprint density at radius 3 is 2.80 bits per heavy atom. The standard InChI is InChI=1S/C19H15Cl2NO3/c1-25-18(24)8-6-12-3-2-4-13-9-17(23)22(19(12)13)11-14-5-7-15(20)10-16(14)21/h2-8,10H,9,11H2,1H3. The van der Waals surface area contributed by atoms with Crippen molar-refractivity contribution in [3.63, 3.8) is 0 Å². The number of esters is 1. The van der Waals surface area contributed by atoms with E-state index in [9.17, 15) is 9.59 Å². The fraction of sp³-hybridized carbons (Fsp3) is 0.158. The van der Waals surface area contributed by atoms with Gasteiger partial charge in [0, 0.05) is 16.1 Å². The lowest BCUT2D eigenvalue weighted by Crippen LogP contribution is -2.26. The van der Waals surface area contributed by atoms with Gasteiger partial charge < -0.3 is 9.64 Å². The van der Waals surface area contributed by atoms with E-state index in [1.165, 1.54) is 13.2 Å². The molecule has 0 saturated heterocycles. The molecule has 0 spiro atoms. The summed E-state index contributed by atoms with van der Waals surface area (Å²) in [5.74, 6) is -0.464. The van der Waals surface area contributed by atoms with Gasteiger partial charge in [-0.1, -0.05) is 47.5 Å². The average molecular weight is 376 g/mol. The van der Waals surface area contributed by atoms with Crippen molar-refractivity contribution in [2.75, 3.05) is 12.0 Å². The van der Waals surface area contributed by atoms with Crippen LogP contribution in [-0.4, -0.2) is 19.0 Å². The van der Waals surface area contributed by atoms with Crippen LogP contribution in [0.3, 0.4) is 0 Å². The van der Waals surface area contributed by atoms with Crippen molar-refractivity contribution >= 4 is 46.8 Å². The third kappa shape index (κ3) is 3.70. The Labute approximate surface area is 155 Å². The van der Waals surface area contributed by atoms with Gasteiger partial charge in [0.25, 0.3) is 0 Å². The highest BCUT2D eigenvalue weighted by Crippen LogP contribution is 2.35. The summed E-state index contributed by atoms with van der Waals surface area (Å²) < 4.78 is 4.63. The number of fused-ring (bicyclic) bond motifs is 1. The largest absolute Gasteiger partial charge is 0.466 e. The number of anilines is 1. The molecule has 128 valence electrons. The number of ether oxygens (including phenoxy) is 1. The molecule has 0 unspecified atom stereocenters. The molecule has 1 heterocycles. The molecule has 6 heteroatoms. The first-order valence-electron chi connectivity index (χ1n) is 7.62. The van der Waals surface area contributed by atoms with Crippen LogP contribution < -0.4 is 4.90 Å². The molecule has 25 heavy (non-hydrogen) atoms. The van der Waals surface area contributed by atoms with Crippen LogP contribution in [0.4, 0.5) is 5.69 Å². The van der Waals surface area contributed by atoms with Gasteiger partial charge in [-0.15, -0.1) is 0 Å². The van der Waals surface area contributed by atoms with Crippen LogP contribution >= 0.6 is 23.2 Å². The van der Waals surface area contributed by atoms with Crippen molar-refractivity contribution in [3.05, 3.63) is 69.2 Å². The molecule has 0 atom stereocenters. The van der Waals surface area contributed by atoms with Crippen LogP contribution in [0.25, 0.3) is 6.08 Å². The molecule has 3 rings (SSSR count). The van der Waals surface area contributed by atoms with Crippen molar-refractivity contribution in [2.24, 2.45) is 0 Å². The zero-order valence-corrected chi connectivity index (χ0v) is 15.0. The summed E-state index contributed by atoms with van der Waals surface area (Å²) in [6.45, 7) is 0.338. The van der Waals surface area contributed by atoms with Gasteiger partial charge in [0.05, 0.1) is 25.8 Å². The summed E-state index contributed by atoms with van der Waals surface area (Å²) in [6.07, 6.45) is 3.31. The van der Waals surface area contributed by atoms with Gasteiger partial charge in [-0.3, -0.25) is 4.79 Å². The van der Waals surface area contributed by atoms with Crippen molar-refractivity contribution in [3.8, 4) is 0 Å². The van der Waals surface area contributed by atoms with Gasteiger partial charge in [0.1, 0.15) is 0 Å². The SMILES string of the molecule is COC(=O)C=Cc1cccc2c1N(Cc1ccc(Cl)cc1Cl)C(=O)C2. The maximum absolute atomic E-state index is 12.5. The van der Waals surface area contributed by atoms with E-state index in [2.05, 4.69) is 4.74 Å². The first kappa shape index (κ1) is 17.5. The van der Waals surface area contributed by atoms with Gasteiger partial charge in [-0.25, -0.2) is 4.79 Å². The first-order valence-corrected chi connectivity index (χ1v) is 8.37. The number of amides is 1. The fourth-order valence-corrected chi connectivity index (χ4v) is 3.28. The van der Waals surface area contributed by atoms with Gasteiger partial charge >= 0.3 is 5.97 Å². The van der Waals surface area contributed by atoms with E-state index in [1.54, 1.807) is 23.1 Å². The van der Waals surface area contributed by atoms with E-state index in [4.69, 9.17) is 23.2 Å². The first-order chi connectivity index (χ1) is 12.0. The van der Waals surface area contributed by atoms with Crippen LogP contribution in [0, 0.1) is 0 Å². The Morgan fingerprint density at radius 1 is 1.28 bits per heavy atom. The molecule has 1 aliphatic heterocycles. The smallest absolute Gasteiger partial charge is 0.330 e. The topological polar surface area (TPSA) is 46.6 Å². The van der Waals surface area contributed by atoms with Gasteiger partial charge in [0.2, 0.25) is 5.91 Å². The van der Waals surface area contributed by atoms with E-state index in [0.717, 1.165) is 22.4 Å². The zero-order valence-electron chi connectivity index (χ0n) is 13.5. The number of benzene rings is 2. The quantitative estimate of drug-likeness (QED) is 0.592. The Balaban J connectivity index is 1.97. The van der Waals surface area contributed by atoms with E-state index in [1.807, 2.05) is 24.3 Å². The summed E-state index contributed by atoms with van der Waals surface area (Å²) in [5.41, 5.74) is 3.29. The maximum Gasteiger partial charge on any atom is 0.330 e. The Bertz CT molecular complexity index is 877. The van der Waals surface area contributed by atoms with E-state index in [0.29, 0.717) is 23.0 Å². The second kappa shape index (κ2) is 7.30. The minimum absolute atomic E-state index is 0.0139. The Morgan fingerprint density at radius 2 is 2.08 bits per heavy atom. The summed E-state index contributed by atoms with van der Waals surface area (Å²) in [7, 11) is 1.32. The number of nitrogens with zero attached hydrogens (tertiary/aromatic N) is 1. The van der Waals surface area contributed by atoms with Crippen LogP contribution in [0.2, 0.25) is 10.0 Å². The number of halogens is 2. The van der Waals surface area contributed by atoms with Gasteiger partial charge in [-0.2, -0.15) is 0 Å². The normalized spacial score (nSPS) is 13.4. The van der Waals surface area contributed by atoms with E-state index < -0.39 is 5.97 Å². The monoisotopic (exact) mass is 375 g/mol. The van der Waals surface area contributed by atoms with Crippen molar-refractivity contribution in [1.29, 1.82) is 0 Å². The summed E-state index contributed by atoms with van der Waals surface area (Å²) in [6, 6.07) is 10.8. The molecular weight excluding hydrogens is 361 g/mol. The average Bonchev–Trinajstić information content (AvgIpc) is 2.91. The predicted molar refractivity (Wildman–Crippen MR) is 98.8 cm³/mol. The summed E-state index contributed by atoms with van der Waals surface area (Å²) in [5, 5.41) is 1.06. The predicted octanol–water partition coefficient (Wildman–Crippen LogP) is 4.27. The minimum atomic E-state index is -0.450. The lowest BCUT2D eigenvalue weighted by atomic mass is 10.1. The molecule has 0 aliphatic carbocycles. The summed E-state index contributed by atoms with van der Waals surface area (Å²) in [4.78, 5) is 25.6. The molecule has 0 fully saturated rings. The highest BCUT2D eigenvalue weighted by Gasteiger charge is 2.29. The Kier molecular flexibility index (Phi) is 5.11. The molecule has 1 aliphatic rings. The van der Waals surface area contributed by atoms with E-state index >= 15 is 0 Å². The number of hydrogen-bond donors (Lipinski definition) is 0. The lowest BCUT2D eigenvalue weighted by Gasteiger charge is -2.20. The number of carbonyl (C=O) groups is 2. The third-order valence-corrected chi connectivity index (χ3v) is 4.59. The van der Waals surface area contributed by atoms with Crippen molar-refractivity contribution < 1.29 is 14.3 Å². The zero-order chi connectivity index (χ0) is 18.0. The van der Waals surface area contributed by atoms with Crippen LogP contribution in [0.1, 0.15) is 16.7 Å². The molecule has 0 bridgehead atoms. The lowest BCUT2D eigenvalue weighted by molar-refractivity contribution is -0.134. The highest BCUT2D eigenvalue weighted by molar-refractivity contribution is 6.35. The van der Waals surface area contributed by atoms with Crippen LogP contribution in [0.15, 0.2) is 42.5 Å². The second-order valence-electron chi connectivity index (χ2n) is 5.60. The summed E-state index contributed by atoms with van der Waals surface area (Å²) >= 11 is 12.2. The number of rotatable bonds is 4. The molecule has 0 saturated carbocycles. The molecule has 4 nitrogen and oxygen atoms in total. The second-order valence-corrected chi connectivity index (χ2v) is 6.45. The van der Waals surface area contributed by atoms with Crippen LogP contribution in [-0.2, 0) is 27.3 Å². The fourth-order valence-electron chi connectivity index (χ4n) is 2.81. The van der Waals surface area contributed by atoms with Crippen molar-refractivity contribution in [2.45, 2.75) is 13.0 Å². The molecule has 2 aromatic rings. The highest BCUT2D eigenvalue weighted by atomic mass is 35.5.